The molecule has 2 aromatic heterocycles. The summed E-state index contributed by atoms with van der Waals surface area (Å²) in [4.78, 5) is 21.2. The van der Waals surface area contributed by atoms with Crippen LogP contribution in [0.4, 0.5) is 0 Å². The number of fused-ring (bicyclic) bond motifs is 1. The smallest absolute Gasteiger partial charge is 0.237 e. The monoisotopic (exact) mass is 244 g/mol. The third kappa shape index (κ3) is 1.86. The molecule has 0 bridgehead atoms. The molecular formula is C13H16N4O. The van der Waals surface area contributed by atoms with Crippen LogP contribution in [0.1, 0.15) is 18.7 Å². The highest BCUT2D eigenvalue weighted by Crippen LogP contribution is 2.24. The fourth-order valence-electron chi connectivity index (χ4n) is 2.42. The molecule has 3 rings (SSSR count). The summed E-state index contributed by atoms with van der Waals surface area (Å²) in [5, 5.41) is 4.17. The van der Waals surface area contributed by atoms with Gasteiger partial charge in [0.1, 0.15) is 0 Å². The van der Waals surface area contributed by atoms with E-state index in [0.717, 1.165) is 29.7 Å². The summed E-state index contributed by atoms with van der Waals surface area (Å²) in [5.41, 5.74) is 2.13. The van der Waals surface area contributed by atoms with E-state index in [2.05, 4.69) is 28.3 Å². The van der Waals surface area contributed by atoms with E-state index in [9.17, 15) is 4.79 Å². The average molecular weight is 244 g/mol. The number of hydrogen-bond donors (Lipinski definition) is 2. The lowest BCUT2D eigenvalue weighted by Crippen LogP contribution is -2.48. The molecule has 1 saturated heterocycles. The molecule has 1 amide bonds. The van der Waals surface area contributed by atoms with Crippen molar-refractivity contribution in [2.24, 2.45) is 0 Å². The number of rotatable bonds is 2. The highest BCUT2D eigenvalue weighted by atomic mass is 16.2. The number of piperazine rings is 1. The van der Waals surface area contributed by atoms with Crippen LogP contribution in [-0.2, 0) is 4.79 Å². The van der Waals surface area contributed by atoms with Crippen molar-refractivity contribution in [2.75, 3.05) is 19.6 Å². The van der Waals surface area contributed by atoms with Gasteiger partial charge < -0.3 is 15.2 Å². The quantitative estimate of drug-likeness (QED) is 0.830. The van der Waals surface area contributed by atoms with E-state index in [1.807, 2.05) is 17.2 Å². The number of H-pyrrole nitrogens is 1. The van der Waals surface area contributed by atoms with Crippen molar-refractivity contribution in [1.82, 2.24) is 20.2 Å². The second-order valence-electron chi connectivity index (χ2n) is 4.63. The van der Waals surface area contributed by atoms with Gasteiger partial charge in [0.25, 0.3) is 0 Å². The van der Waals surface area contributed by atoms with Gasteiger partial charge in [-0.05, 0) is 19.1 Å². The Kier molecular flexibility index (Phi) is 2.76. The average Bonchev–Trinajstić information content (AvgIpc) is 2.82. The molecule has 0 spiro atoms. The second-order valence-corrected chi connectivity index (χ2v) is 4.63. The molecule has 0 saturated carbocycles. The molecule has 2 N–H and O–H groups in total. The van der Waals surface area contributed by atoms with E-state index in [0.29, 0.717) is 6.54 Å². The molecule has 1 atom stereocenters. The largest absolute Gasteiger partial charge is 0.357 e. The molecule has 0 radical (unpaired) electrons. The van der Waals surface area contributed by atoms with Gasteiger partial charge in [0.05, 0.1) is 12.6 Å². The third-order valence-electron chi connectivity index (χ3n) is 3.49. The number of pyridine rings is 1. The zero-order valence-corrected chi connectivity index (χ0v) is 10.3. The maximum absolute atomic E-state index is 11.9. The first-order chi connectivity index (χ1) is 8.75. The van der Waals surface area contributed by atoms with Gasteiger partial charge >= 0.3 is 0 Å². The van der Waals surface area contributed by atoms with Crippen LogP contribution < -0.4 is 5.32 Å². The maximum Gasteiger partial charge on any atom is 0.237 e. The molecule has 5 heteroatoms. The third-order valence-corrected chi connectivity index (χ3v) is 3.49. The zero-order chi connectivity index (χ0) is 12.5. The van der Waals surface area contributed by atoms with Crippen LogP contribution in [0, 0.1) is 0 Å². The Morgan fingerprint density at radius 1 is 1.50 bits per heavy atom. The Morgan fingerprint density at radius 3 is 3.17 bits per heavy atom. The molecule has 18 heavy (non-hydrogen) atoms. The Hall–Kier alpha value is -1.88. The topological polar surface area (TPSA) is 61.0 Å². The first-order valence-electron chi connectivity index (χ1n) is 6.18. The molecular weight excluding hydrogens is 228 g/mol. The van der Waals surface area contributed by atoms with Crippen molar-refractivity contribution >= 4 is 16.8 Å². The molecule has 0 aliphatic carbocycles. The van der Waals surface area contributed by atoms with Crippen LogP contribution in [0.5, 0.6) is 0 Å². The van der Waals surface area contributed by atoms with Crippen molar-refractivity contribution in [3.8, 4) is 0 Å². The van der Waals surface area contributed by atoms with E-state index in [-0.39, 0.29) is 11.9 Å². The minimum atomic E-state index is 0.0759. The standard InChI is InChI=1S/C13H16N4O/c1-9(17-5-4-15-8-13(17)18)12-6-10-7-14-3-2-11(10)16-12/h2-3,6-7,9,15-16H,4-5,8H2,1H3. The molecule has 5 nitrogen and oxygen atoms in total. The fourth-order valence-corrected chi connectivity index (χ4v) is 2.42. The van der Waals surface area contributed by atoms with Crippen LogP contribution >= 0.6 is 0 Å². The molecule has 94 valence electrons. The zero-order valence-electron chi connectivity index (χ0n) is 10.3. The summed E-state index contributed by atoms with van der Waals surface area (Å²) in [6.45, 7) is 4.11. The van der Waals surface area contributed by atoms with Crippen LogP contribution in [0.2, 0.25) is 0 Å². The van der Waals surface area contributed by atoms with Crippen LogP contribution in [0.15, 0.2) is 24.5 Å². The van der Waals surface area contributed by atoms with E-state index >= 15 is 0 Å². The summed E-state index contributed by atoms with van der Waals surface area (Å²) in [6.07, 6.45) is 3.60. The van der Waals surface area contributed by atoms with Crippen molar-refractivity contribution < 1.29 is 4.79 Å². The molecule has 3 heterocycles. The number of aromatic nitrogens is 2. The number of amides is 1. The number of carbonyl (C=O) groups is 1. The molecule has 1 aliphatic heterocycles. The highest BCUT2D eigenvalue weighted by molar-refractivity contribution is 5.81. The lowest BCUT2D eigenvalue weighted by atomic mass is 10.1. The predicted octanol–water partition coefficient (Wildman–Crippen LogP) is 1.06. The predicted molar refractivity (Wildman–Crippen MR) is 69.1 cm³/mol. The van der Waals surface area contributed by atoms with E-state index in [1.54, 1.807) is 6.20 Å². The lowest BCUT2D eigenvalue weighted by molar-refractivity contribution is -0.134. The van der Waals surface area contributed by atoms with E-state index in [1.165, 1.54) is 0 Å². The Bertz CT molecular complexity index is 544. The SMILES string of the molecule is CC(c1cc2cnccc2[nH]1)N1CCNCC1=O. The molecule has 1 fully saturated rings. The molecule has 1 unspecified atom stereocenters. The van der Waals surface area contributed by atoms with Crippen LogP contribution in [0.25, 0.3) is 10.9 Å². The minimum absolute atomic E-state index is 0.0759. The van der Waals surface area contributed by atoms with Crippen molar-refractivity contribution in [2.45, 2.75) is 13.0 Å². The van der Waals surface area contributed by atoms with Crippen molar-refractivity contribution in [1.29, 1.82) is 0 Å². The van der Waals surface area contributed by atoms with Gasteiger partial charge in [-0.2, -0.15) is 0 Å². The number of hydrogen-bond acceptors (Lipinski definition) is 3. The Morgan fingerprint density at radius 2 is 2.39 bits per heavy atom. The summed E-state index contributed by atoms with van der Waals surface area (Å²) in [6, 6.07) is 4.10. The number of carbonyl (C=O) groups excluding carboxylic acids is 1. The maximum atomic E-state index is 11.9. The van der Waals surface area contributed by atoms with Gasteiger partial charge in [0.15, 0.2) is 0 Å². The van der Waals surface area contributed by atoms with Crippen LogP contribution in [0.3, 0.4) is 0 Å². The van der Waals surface area contributed by atoms with Crippen LogP contribution in [-0.4, -0.2) is 40.4 Å². The number of nitrogens with zero attached hydrogens (tertiary/aromatic N) is 2. The van der Waals surface area contributed by atoms with Gasteiger partial charge in [-0.3, -0.25) is 9.78 Å². The molecule has 0 aromatic carbocycles. The summed E-state index contributed by atoms with van der Waals surface area (Å²) >= 11 is 0. The number of nitrogens with one attached hydrogen (secondary N) is 2. The van der Waals surface area contributed by atoms with E-state index in [4.69, 9.17) is 0 Å². The van der Waals surface area contributed by atoms with Gasteiger partial charge in [0.2, 0.25) is 5.91 Å². The van der Waals surface area contributed by atoms with E-state index < -0.39 is 0 Å². The van der Waals surface area contributed by atoms with Gasteiger partial charge in [-0.15, -0.1) is 0 Å². The summed E-state index contributed by atoms with van der Waals surface area (Å²) in [7, 11) is 0. The highest BCUT2D eigenvalue weighted by Gasteiger charge is 2.24. The Labute approximate surface area is 105 Å². The first-order valence-corrected chi connectivity index (χ1v) is 6.18. The summed E-state index contributed by atoms with van der Waals surface area (Å²) < 4.78 is 0. The van der Waals surface area contributed by atoms with Crippen molar-refractivity contribution in [3.63, 3.8) is 0 Å². The van der Waals surface area contributed by atoms with Gasteiger partial charge in [-0.1, -0.05) is 0 Å². The lowest BCUT2D eigenvalue weighted by Gasteiger charge is -2.32. The first kappa shape index (κ1) is 11.2. The Balaban J connectivity index is 1.91. The summed E-state index contributed by atoms with van der Waals surface area (Å²) in [5.74, 6) is 0.158. The van der Waals surface area contributed by atoms with Gasteiger partial charge in [0, 0.05) is 42.1 Å². The van der Waals surface area contributed by atoms with Crippen molar-refractivity contribution in [3.05, 3.63) is 30.2 Å². The number of aromatic amines is 1. The second kappa shape index (κ2) is 4.42. The molecule has 1 aliphatic rings. The van der Waals surface area contributed by atoms with Gasteiger partial charge in [-0.25, -0.2) is 0 Å². The molecule has 2 aromatic rings. The minimum Gasteiger partial charge on any atom is -0.357 e. The normalized spacial score (nSPS) is 18.3. The fraction of sp³-hybridized carbons (Fsp3) is 0.385.